The smallest absolute Gasteiger partial charge is 0.250 e. The van der Waals surface area contributed by atoms with Gasteiger partial charge in [-0.1, -0.05) is 77.8 Å². The molecular weight excluding hydrogens is 577 g/mol. The van der Waals surface area contributed by atoms with Gasteiger partial charge in [0.15, 0.2) is 0 Å². The third-order valence-corrected chi connectivity index (χ3v) is 7.92. The van der Waals surface area contributed by atoms with Crippen LogP contribution < -0.4 is 10.6 Å². The van der Waals surface area contributed by atoms with Gasteiger partial charge in [0, 0.05) is 37.1 Å². The van der Waals surface area contributed by atoms with Crippen molar-refractivity contribution in [1.29, 1.82) is 0 Å². The maximum Gasteiger partial charge on any atom is 0.250 e. The number of hydrogen-bond donors (Lipinski definition) is 3. The summed E-state index contributed by atoms with van der Waals surface area (Å²) in [6, 6.07) is 19.8. The molecule has 42 heavy (non-hydrogen) atoms. The zero-order chi connectivity index (χ0) is 29.8. The molecule has 5 rings (SSSR count). The Hall–Kier alpha value is -4.34. The number of fused-ring (bicyclic) bond motifs is 1. The number of nitrogens with zero attached hydrogens (tertiary/aromatic N) is 2. The van der Waals surface area contributed by atoms with Crippen molar-refractivity contribution in [2.75, 3.05) is 20.1 Å². The number of benzene rings is 3. The first-order valence-corrected chi connectivity index (χ1v) is 14.1. The van der Waals surface area contributed by atoms with Crippen LogP contribution in [0.4, 0.5) is 0 Å². The third-order valence-electron chi connectivity index (χ3n) is 7.18. The van der Waals surface area contributed by atoms with Gasteiger partial charge in [-0.15, -0.1) is 0 Å². The largest absolute Gasteiger partial charge is 0.361 e. The second-order valence-electron chi connectivity index (χ2n) is 10.2. The Labute approximate surface area is 252 Å². The summed E-state index contributed by atoms with van der Waals surface area (Å²) in [5.74, 6) is -1.65. The molecule has 2 unspecified atom stereocenters. The molecule has 2 atom stereocenters. The summed E-state index contributed by atoms with van der Waals surface area (Å²) in [6.45, 7) is -0.392. The van der Waals surface area contributed by atoms with Crippen molar-refractivity contribution in [2.45, 2.75) is 25.0 Å². The number of carbonyl (C=O) groups excluding carboxylic acids is 4. The van der Waals surface area contributed by atoms with Crippen molar-refractivity contribution in [1.82, 2.24) is 25.4 Å². The second-order valence-corrected chi connectivity index (χ2v) is 11.0. The second kappa shape index (κ2) is 12.7. The lowest BCUT2D eigenvalue weighted by Crippen LogP contribution is -2.57. The van der Waals surface area contributed by atoms with Gasteiger partial charge in [0.05, 0.1) is 10.0 Å². The van der Waals surface area contributed by atoms with Crippen LogP contribution in [-0.2, 0) is 32.1 Å². The van der Waals surface area contributed by atoms with E-state index in [4.69, 9.17) is 23.2 Å². The van der Waals surface area contributed by atoms with Gasteiger partial charge in [-0.25, -0.2) is 0 Å². The van der Waals surface area contributed by atoms with E-state index >= 15 is 0 Å². The first-order valence-electron chi connectivity index (χ1n) is 13.4. The summed E-state index contributed by atoms with van der Waals surface area (Å²) in [5, 5.41) is 7.24. The number of para-hydroxylation sites is 1. The lowest BCUT2D eigenvalue weighted by Gasteiger charge is -2.33. The Morgan fingerprint density at radius 1 is 1.02 bits per heavy atom. The molecule has 1 aliphatic heterocycles. The lowest BCUT2D eigenvalue weighted by molar-refractivity contribution is -0.147. The Morgan fingerprint density at radius 3 is 2.52 bits per heavy atom. The summed E-state index contributed by atoms with van der Waals surface area (Å²) in [4.78, 5) is 58.6. The molecule has 0 aliphatic carbocycles. The summed E-state index contributed by atoms with van der Waals surface area (Å²) >= 11 is 12.2. The molecule has 1 aliphatic rings. The molecule has 3 N–H and O–H groups in total. The van der Waals surface area contributed by atoms with Gasteiger partial charge in [0.25, 0.3) is 5.91 Å². The number of nitrogens with one attached hydrogen (secondary N) is 3. The first kappa shape index (κ1) is 29.2. The van der Waals surface area contributed by atoms with E-state index in [0.29, 0.717) is 15.6 Å². The molecule has 2 heterocycles. The van der Waals surface area contributed by atoms with Crippen LogP contribution in [0.15, 0.2) is 79.0 Å². The molecule has 0 spiro atoms. The molecule has 4 amide bonds. The number of rotatable bonds is 9. The molecule has 1 saturated heterocycles. The minimum atomic E-state index is -0.942. The average Bonchev–Trinajstić information content (AvgIpc) is 3.39. The van der Waals surface area contributed by atoms with Crippen LogP contribution in [0.25, 0.3) is 10.9 Å². The fourth-order valence-electron chi connectivity index (χ4n) is 5.10. The van der Waals surface area contributed by atoms with Crippen molar-refractivity contribution in [3.05, 3.63) is 106 Å². The zero-order valence-corrected chi connectivity index (χ0v) is 24.3. The SMILES string of the molecule is CN(Cc1ccc(Cl)c(Cl)c1)C(=O)C(Cc1c[nH]c2ccccc12)NC(=O)CN1CC(=O)NC(c2ccccc2)C1=O. The number of halogens is 2. The molecule has 11 heteroatoms. The van der Waals surface area contributed by atoms with E-state index in [2.05, 4.69) is 15.6 Å². The third kappa shape index (κ3) is 6.58. The van der Waals surface area contributed by atoms with Gasteiger partial charge in [-0.3, -0.25) is 19.2 Å². The van der Waals surface area contributed by atoms with Crippen molar-refractivity contribution < 1.29 is 19.2 Å². The maximum absolute atomic E-state index is 13.7. The minimum absolute atomic E-state index is 0.210. The Kier molecular flexibility index (Phi) is 8.80. The summed E-state index contributed by atoms with van der Waals surface area (Å²) in [7, 11) is 1.64. The van der Waals surface area contributed by atoms with E-state index in [9.17, 15) is 19.2 Å². The monoisotopic (exact) mass is 605 g/mol. The maximum atomic E-state index is 13.7. The standard InChI is InChI=1S/C31H29Cl2N5O4/c1-37(16-19-11-12-23(32)24(33)13-19)30(41)26(14-21-15-34-25-10-6-5-9-22(21)25)35-27(39)17-38-18-28(40)36-29(31(38)42)20-7-3-2-4-8-20/h2-13,15,26,29,34H,14,16-18H2,1H3,(H,35,39)(H,36,40). The first-order chi connectivity index (χ1) is 20.2. The van der Waals surface area contributed by atoms with Crippen LogP contribution in [0.3, 0.4) is 0 Å². The van der Waals surface area contributed by atoms with Crippen LogP contribution >= 0.6 is 23.2 Å². The van der Waals surface area contributed by atoms with Gasteiger partial charge >= 0.3 is 0 Å². The van der Waals surface area contributed by atoms with Crippen molar-refractivity contribution >= 4 is 57.7 Å². The fourth-order valence-corrected chi connectivity index (χ4v) is 5.42. The summed E-state index contributed by atoms with van der Waals surface area (Å²) in [6.07, 6.45) is 2.03. The van der Waals surface area contributed by atoms with Gasteiger partial charge in [0.1, 0.15) is 25.2 Å². The van der Waals surface area contributed by atoms with E-state index < -0.39 is 23.9 Å². The van der Waals surface area contributed by atoms with Crippen molar-refractivity contribution in [3.8, 4) is 0 Å². The molecule has 1 fully saturated rings. The normalized spacial score (nSPS) is 15.8. The number of hydrogen-bond acceptors (Lipinski definition) is 4. The molecule has 9 nitrogen and oxygen atoms in total. The molecular formula is C31H29Cl2N5O4. The topological polar surface area (TPSA) is 115 Å². The molecule has 0 radical (unpaired) electrons. The zero-order valence-electron chi connectivity index (χ0n) is 22.8. The van der Waals surface area contributed by atoms with Gasteiger partial charge < -0.3 is 25.4 Å². The predicted octanol–water partition coefficient (Wildman–Crippen LogP) is 3.86. The molecule has 3 aromatic carbocycles. The van der Waals surface area contributed by atoms with E-state index in [1.165, 1.54) is 9.80 Å². The van der Waals surface area contributed by atoms with E-state index in [1.807, 2.05) is 36.5 Å². The molecule has 0 saturated carbocycles. The Balaban J connectivity index is 1.34. The molecule has 1 aromatic heterocycles. The highest BCUT2D eigenvalue weighted by atomic mass is 35.5. The van der Waals surface area contributed by atoms with Crippen LogP contribution in [-0.4, -0.2) is 64.6 Å². The fraction of sp³-hybridized carbons (Fsp3) is 0.226. The highest BCUT2D eigenvalue weighted by Gasteiger charge is 2.35. The number of aromatic amines is 1. The van der Waals surface area contributed by atoms with Gasteiger partial charge in [-0.2, -0.15) is 0 Å². The molecule has 0 bridgehead atoms. The molecule has 216 valence electrons. The summed E-state index contributed by atoms with van der Waals surface area (Å²) < 4.78 is 0. The van der Waals surface area contributed by atoms with Crippen molar-refractivity contribution in [2.24, 2.45) is 0 Å². The average molecular weight is 607 g/mol. The van der Waals surface area contributed by atoms with E-state index in [-0.39, 0.29) is 37.9 Å². The van der Waals surface area contributed by atoms with Crippen LogP contribution in [0.5, 0.6) is 0 Å². The number of carbonyl (C=O) groups is 4. The van der Waals surface area contributed by atoms with Crippen LogP contribution in [0.2, 0.25) is 10.0 Å². The molecule has 4 aromatic rings. The Bertz CT molecular complexity index is 1640. The van der Waals surface area contributed by atoms with Gasteiger partial charge in [0.2, 0.25) is 17.7 Å². The van der Waals surface area contributed by atoms with Gasteiger partial charge in [-0.05, 0) is 34.9 Å². The number of amides is 4. The Morgan fingerprint density at radius 2 is 1.76 bits per heavy atom. The number of aromatic nitrogens is 1. The highest BCUT2D eigenvalue weighted by molar-refractivity contribution is 6.42. The highest BCUT2D eigenvalue weighted by Crippen LogP contribution is 2.24. The quantitative estimate of drug-likeness (QED) is 0.269. The number of H-pyrrole nitrogens is 1. The summed E-state index contributed by atoms with van der Waals surface area (Å²) in [5.41, 5.74) is 3.15. The van der Waals surface area contributed by atoms with Crippen molar-refractivity contribution in [3.63, 3.8) is 0 Å². The van der Waals surface area contributed by atoms with Crippen LogP contribution in [0, 0.1) is 0 Å². The number of piperazine rings is 1. The van der Waals surface area contributed by atoms with E-state index in [0.717, 1.165) is 22.0 Å². The number of likely N-dealkylation sites (N-methyl/N-ethyl adjacent to an activating group) is 1. The minimum Gasteiger partial charge on any atom is -0.361 e. The van der Waals surface area contributed by atoms with E-state index in [1.54, 1.807) is 49.5 Å². The van der Waals surface area contributed by atoms with Crippen LogP contribution in [0.1, 0.15) is 22.7 Å². The predicted molar refractivity (Wildman–Crippen MR) is 161 cm³/mol. The lowest BCUT2D eigenvalue weighted by atomic mass is 10.0.